The highest BCUT2D eigenvalue weighted by Crippen LogP contribution is 2.44. The van der Waals surface area contributed by atoms with Gasteiger partial charge in [-0.15, -0.1) is 0 Å². The highest BCUT2D eigenvalue weighted by atomic mass is 16.3. The Morgan fingerprint density at radius 3 is 2.76 bits per heavy atom. The molecule has 0 bridgehead atoms. The van der Waals surface area contributed by atoms with E-state index in [9.17, 15) is 9.90 Å². The maximum absolute atomic E-state index is 12.5. The summed E-state index contributed by atoms with van der Waals surface area (Å²) in [5.74, 6) is -0.167. The van der Waals surface area contributed by atoms with E-state index in [1.165, 1.54) is 0 Å². The van der Waals surface area contributed by atoms with Crippen molar-refractivity contribution < 1.29 is 9.90 Å². The first-order valence-corrected chi connectivity index (χ1v) is 7.18. The van der Waals surface area contributed by atoms with Crippen LogP contribution in [-0.2, 0) is 0 Å². The summed E-state index contributed by atoms with van der Waals surface area (Å²) in [6.07, 6.45) is 1.93. The Hall–Kier alpha value is -1.95. The van der Waals surface area contributed by atoms with Gasteiger partial charge >= 0.3 is 0 Å². The van der Waals surface area contributed by atoms with Gasteiger partial charge in [-0.1, -0.05) is 0 Å². The Labute approximate surface area is 123 Å². The molecule has 1 amide bonds. The number of aliphatic hydroxyl groups excluding tert-OH is 1. The summed E-state index contributed by atoms with van der Waals surface area (Å²) in [5.41, 5.74) is 3.50. The molecule has 0 spiro atoms. The van der Waals surface area contributed by atoms with Crippen LogP contribution in [0.1, 0.15) is 40.3 Å². The molecule has 21 heavy (non-hydrogen) atoms. The summed E-state index contributed by atoms with van der Waals surface area (Å²) >= 11 is 0. The van der Waals surface area contributed by atoms with Gasteiger partial charge in [-0.3, -0.25) is 4.79 Å². The minimum atomic E-state index is -0.167. The van der Waals surface area contributed by atoms with Crippen LogP contribution in [0.25, 0.3) is 5.65 Å². The van der Waals surface area contributed by atoms with E-state index in [0.717, 1.165) is 24.2 Å². The fraction of sp³-hybridized carbons (Fsp3) is 0.533. The lowest BCUT2D eigenvalue weighted by atomic mass is 10.1. The zero-order valence-corrected chi connectivity index (χ0v) is 12.6. The van der Waals surface area contributed by atoms with Crippen LogP contribution in [0.4, 0.5) is 0 Å². The number of rotatable bonds is 4. The molecule has 0 aromatic carbocycles. The molecule has 6 nitrogen and oxygen atoms in total. The predicted octanol–water partition coefficient (Wildman–Crippen LogP) is 1.16. The highest BCUT2D eigenvalue weighted by molar-refractivity contribution is 6.01. The van der Waals surface area contributed by atoms with Crippen LogP contribution in [0.2, 0.25) is 0 Å². The maximum atomic E-state index is 12.5. The molecule has 0 unspecified atom stereocenters. The second-order valence-corrected chi connectivity index (χ2v) is 6.08. The number of aliphatic hydroxyl groups is 1. The van der Waals surface area contributed by atoms with Crippen molar-refractivity contribution >= 4 is 11.6 Å². The highest BCUT2D eigenvalue weighted by Gasteiger charge is 2.42. The number of nitrogens with zero attached hydrogens (tertiary/aromatic N) is 3. The van der Waals surface area contributed by atoms with E-state index in [2.05, 4.69) is 15.4 Å². The quantitative estimate of drug-likeness (QED) is 0.884. The van der Waals surface area contributed by atoms with Gasteiger partial charge in [0.2, 0.25) is 0 Å². The van der Waals surface area contributed by atoms with Gasteiger partial charge in [0.1, 0.15) is 5.56 Å². The van der Waals surface area contributed by atoms with E-state index in [4.69, 9.17) is 0 Å². The summed E-state index contributed by atoms with van der Waals surface area (Å²) < 4.78 is 1.70. The predicted molar refractivity (Wildman–Crippen MR) is 78.3 cm³/mol. The molecule has 6 heteroatoms. The van der Waals surface area contributed by atoms with Gasteiger partial charge in [0.05, 0.1) is 12.3 Å². The molecular formula is C15H20N4O2. The van der Waals surface area contributed by atoms with Crippen molar-refractivity contribution in [1.82, 2.24) is 19.9 Å². The third kappa shape index (κ3) is 2.40. The van der Waals surface area contributed by atoms with E-state index in [-0.39, 0.29) is 17.9 Å². The van der Waals surface area contributed by atoms with E-state index in [0.29, 0.717) is 23.4 Å². The lowest BCUT2D eigenvalue weighted by Gasteiger charge is -2.12. The topological polar surface area (TPSA) is 79.5 Å². The number of aromatic nitrogens is 3. The average Bonchev–Trinajstić information content (AvgIpc) is 3.14. The minimum Gasteiger partial charge on any atom is -0.396 e. The number of fused-ring (bicyclic) bond motifs is 1. The van der Waals surface area contributed by atoms with Crippen LogP contribution in [0.15, 0.2) is 6.07 Å². The van der Waals surface area contributed by atoms with Crippen molar-refractivity contribution in [2.75, 3.05) is 13.2 Å². The SMILES string of the molecule is Cc1cc(C)n2nc(C)c(C(=O)NCC3(CO)CC3)c2n1. The van der Waals surface area contributed by atoms with Crippen molar-refractivity contribution in [2.45, 2.75) is 33.6 Å². The van der Waals surface area contributed by atoms with Crippen LogP contribution in [-0.4, -0.2) is 38.8 Å². The van der Waals surface area contributed by atoms with E-state index in [1.807, 2.05) is 26.8 Å². The maximum Gasteiger partial charge on any atom is 0.257 e. The van der Waals surface area contributed by atoms with Crippen LogP contribution in [0, 0.1) is 26.2 Å². The van der Waals surface area contributed by atoms with Crippen LogP contribution >= 0.6 is 0 Å². The van der Waals surface area contributed by atoms with Gasteiger partial charge in [-0.05, 0) is 39.7 Å². The van der Waals surface area contributed by atoms with Crippen molar-refractivity contribution in [3.8, 4) is 0 Å². The van der Waals surface area contributed by atoms with E-state index in [1.54, 1.807) is 4.52 Å². The first-order chi connectivity index (χ1) is 9.96. The largest absolute Gasteiger partial charge is 0.396 e. The third-order valence-corrected chi connectivity index (χ3v) is 4.21. The Morgan fingerprint density at radius 2 is 2.14 bits per heavy atom. The van der Waals surface area contributed by atoms with Crippen molar-refractivity contribution in [3.63, 3.8) is 0 Å². The van der Waals surface area contributed by atoms with E-state index >= 15 is 0 Å². The fourth-order valence-electron chi connectivity index (χ4n) is 2.62. The van der Waals surface area contributed by atoms with Crippen LogP contribution in [0.3, 0.4) is 0 Å². The van der Waals surface area contributed by atoms with Crippen LogP contribution < -0.4 is 5.32 Å². The number of nitrogens with one attached hydrogen (secondary N) is 1. The van der Waals surface area contributed by atoms with Crippen molar-refractivity contribution in [2.24, 2.45) is 5.41 Å². The van der Waals surface area contributed by atoms with Gasteiger partial charge in [0.25, 0.3) is 5.91 Å². The lowest BCUT2D eigenvalue weighted by Crippen LogP contribution is -2.32. The molecular weight excluding hydrogens is 268 g/mol. The zero-order chi connectivity index (χ0) is 15.2. The molecule has 0 aliphatic heterocycles. The van der Waals surface area contributed by atoms with Crippen molar-refractivity contribution in [3.05, 3.63) is 28.7 Å². The number of amides is 1. The molecule has 2 aromatic rings. The lowest BCUT2D eigenvalue weighted by molar-refractivity contribution is 0.0936. The second kappa shape index (κ2) is 4.80. The molecule has 3 rings (SSSR count). The molecule has 0 radical (unpaired) electrons. The number of hydrogen-bond acceptors (Lipinski definition) is 4. The summed E-state index contributed by atoms with van der Waals surface area (Å²) in [6.45, 7) is 6.29. The standard InChI is InChI=1S/C15H20N4O2/c1-9-6-10(2)19-13(17-9)12(11(3)18-19)14(21)16-7-15(8-20)4-5-15/h6,20H,4-5,7-8H2,1-3H3,(H,16,21). The Morgan fingerprint density at radius 1 is 1.43 bits per heavy atom. The first kappa shape index (κ1) is 14.0. The molecule has 1 aliphatic carbocycles. The molecule has 112 valence electrons. The molecule has 2 aromatic heterocycles. The number of carbonyl (C=O) groups excluding carboxylic acids is 1. The number of hydrogen-bond donors (Lipinski definition) is 2. The average molecular weight is 288 g/mol. The summed E-state index contributed by atoms with van der Waals surface area (Å²) in [5, 5.41) is 16.6. The van der Waals surface area contributed by atoms with Gasteiger partial charge in [-0.25, -0.2) is 9.50 Å². The smallest absolute Gasteiger partial charge is 0.257 e. The van der Waals surface area contributed by atoms with E-state index < -0.39 is 0 Å². The Kier molecular flexibility index (Phi) is 3.20. The molecule has 0 atom stereocenters. The molecule has 0 saturated heterocycles. The second-order valence-electron chi connectivity index (χ2n) is 6.08. The Balaban J connectivity index is 1.92. The summed E-state index contributed by atoms with van der Waals surface area (Å²) in [7, 11) is 0. The minimum absolute atomic E-state index is 0.105. The molecule has 1 saturated carbocycles. The number of carbonyl (C=O) groups is 1. The normalized spacial score (nSPS) is 16.2. The molecule has 1 fully saturated rings. The molecule has 1 aliphatic rings. The van der Waals surface area contributed by atoms with Gasteiger partial charge in [0, 0.05) is 23.3 Å². The fourth-order valence-corrected chi connectivity index (χ4v) is 2.62. The third-order valence-electron chi connectivity index (χ3n) is 4.21. The summed E-state index contributed by atoms with van der Waals surface area (Å²) in [4.78, 5) is 16.9. The monoisotopic (exact) mass is 288 g/mol. The van der Waals surface area contributed by atoms with Gasteiger partial charge < -0.3 is 10.4 Å². The van der Waals surface area contributed by atoms with Crippen LogP contribution in [0.5, 0.6) is 0 Å². The van der Waals surface area contributed by atoms with Gasteiger partial charge in [0.15, 0.2) is 5.65 Å². The number of aryl methyl sites for hydroxylation is 3. The van der Waals surface area contributed by atoms with Gasteiger partial charge in [-0.2, -0.15) is 5.10 Å². The Bertz CT molecular complexity index is 716. The first-order valence-electron chi connectivity index (χ1n) is 7.18. The summed E-state index contributed by atoms with van der Waals surface area (Å²) in [6, 6.07) is 1.94. The zero-order valence-electron chi connectivity index (χ0n) is 12.6. The molecule has 2 N–H and O–H groups in total. The molecule has 2 heterocycles. The van der Waals surface area contributed by atoms with Crippen molar-refractivity contribution in [1.29, 1.82) is 0 Å².